The van der Waals surface area contributed by atoms with Gasteiger partial charge in [-0.15, -0.1) is 0 Å². The summed E-state index contributed by atoms with van der Waals surface area (Å²) in [6.07, 6.45) is 28.8. The van der Waals surface area contributed by atoms with Crippen molar-refractivity contribution in [2.75, 3.05) is 75.2 Å². The third kappa shape index (κ3) is 21.4. The lowest BCUT2D eigenvalue weighted by Gasteiger charge is -2.50. The summed E-state index contributed by atoms with van der Waals surface area (Å²) in [5.74, 6) is 7.11. The summed E-state index contributed by atoms with van der Waals surface area (Å²) in [6.45, 7) is 66.3. The summed E-state index contributed by atoms with van der Waals surface area (Å²) in [6, 6.07) is 8.33. The average molecular weight is 1170 g/mol. The minimum absolute atomic E-state index is 0.364. The molecule has 7 aliphatic heterocycles. The first-order valence-corrected chi connectivity index (χ1v) is 34.9. The van der Waals surface area contributed by atoms with Gasteiger partial charge >= 0.3 is 0 Å². The van der Waals surface area contributed by atoms with Crippen molar-refractivity contribution in [3.8, 4) is 0 Å². The number of hydrogen-bond acceptors (Lipinski definition) is 10. The van der Waals surface area contributed by atoms with Crippen molar-refractivity contribution in [3.63, 3.8) is 0 Å². The van der Waals surface area contributed by atoms with Gasteiger partial charge in [0.25, 0.3) is 0 Å². The highest BCUT2D eigenvalue weighted by Crippen LogP contribution is 2.49. The topological polar surface area (TPSA) is 71.0 Å². The van der Waals surface area contributed by atoms with Gasteiger partial charge in [-0.05, 0) is 205 Å². The smallest absolute Gasteiger partial charge is 0.225 e. The fraction of sp³-hybridized carbons (Fsp3) is 0.892. The molecule has 11 rings (SSSR count). The molecular weight excluding hydrogens is 1030 g/mol. The summed E-state index contributed by atoms with van der Waals surface area (Å²) < 4.78 is 0. The van der Waals surface area contributed by atoms with Gasteiger partial charge in [-0.3, -0.25) is 14.7 Å². The first-order valence-electron chi connectivity index (χ1n) is 34.9. The van der Waals surface area contributed by atoms with Crippen LogP contribution < -0.4 is 9.80 Å². The third-order valence-corrected chi connectivity index (χ3v) is 22.2. The van der Waals surface area contributed by atoms with Crippen molar-refractivity contribution in [2.24, 2.45) is 68.0 Å². The summed E-state index contributed by atoms with van der Waals surface area (Å²) in [4.78, 5) is 32.4. The predicted molar refractivity (Wildman–Crippen MR) is 362 cm³/mol. The highest BCUT2D eigenvalue weighted by atomic mass is 15.3. The molecule has 2 aromatic rings. The lowest BCUT2D eigenvalue weighted by Crippen LogP contribution is -2.56. The van der Waals surface area contributed by atoms with E-state index in [9.17, 15) is 0 Å². The quantitative estimate of drug-likeness (QED) is 0.289. The van der Waals surface area contributed by atoms with Crippen LogP contribution in [-0.2, 0) is 0 Å². The fourth-order valence-corrected chi connectivity index (χ4v) is 14.6. The van der Waals surface area contributed by atoms with E-state index in [1.165, 1.54) is 136 Å². The minimum Gasteiger partial charge on any atom is -0.341 e. The molecule has 9 heterocycles. The van der Waals surface area contributed by atoms with Crippen LogP contribution in [0.15, 0.2) is 36.9 Å². The maximum Gasteiger partial charge on any atom is 0.225 e. The van der Waals surface area contributed by atoms with Crippen molar-refractivity contribution in [2.45, 2.75) is 291 Å². The van der Waals surface area contributed by atoms with Gasteiger partial charge < -0.3 is 14.7 Å². The van der Waals surface area contributed by atoms with E-state index in [1.54, 1.807) is 12.4 Å². The molecule has 10 nitrogen and oxygen atoms in total. The molecule has 0 radical (unpaired) electrons. The average Bonchev–Trinajstić information content (AvgIpc) is 3.52. The van der Waals surface area contributed by atoms with Crippen molar-refractivity contribution in [3.05, 3.63) is 36.9 Å². The third-order valence-electron chi connectivity index (χ3n) is 22.2. The molecule has 10 heteroatoms. The molecule has 2 aromatic heterocycles. The van der Waals surface area contributed by atoms with Crippen molar-refractivity contribution >= 4 is 11.9 Å². The molecule has 0 N–H and O–H groups in total. The molecule has 0 amide bonds. The van der Waals surface area contributed by atoms with E-state index >= 15 is 0 Å². The van der Waals surface area contributed by atoms with Gasteiger partial charge in [0.15, 0.2) is 0 Å². The maximum atomic E-state index is 4.30. The van der Waals surface area contributed by atoms with Crippen LogP contribution in [0.1, 0.15) is 256 Å². The van der Waals surface area contributed by atoms with Crippen LogP contribution in [0.25, 0.3) is 0 Å². The molecule has 0 spiro atoms. The maximum absolute atomic E-state index is 4.30. The minimum atomic E-state index is 0.364. The number of piperidine rings is 3. The molecule has 2 atom stereocenters. The van der Waals surface area contributed by atoms with E-state index in [2.05, 4.69) is 209 Å². The zero-order valence-corrected chi connectivity index (χ0v) is 59.5. The first kappa shape index (κ1) is 70.7. The number of hydrogen-bond donors (Lipinski definition) is 0. The monoisotopic (exact) mass is 1170 g/mol. The van der Waals surface area contributed by atoms with Gasteiger partial charge in [0, 0.05) is 113 Å². The summed E-state index contributed by atoms with van der Waals surface area (Å²) in [5.41, 5.74) is 3.30. The van der Waals surface area contributed by atoms with Gasteiger partial charge in [0.2, 0.25) is 11.9 Å². The van der Waals surface area contributed by atoms with Crippen LogP contribution >= 0.6 is 0 Å². The fourth-order valence-electron chi connectivity index (χ4n) is 14.6. The summed E-state index contributed by atoms with van der Waals surface area (Å²) >= 11 is 0. The Kier molecular flexibility index (Phi) is 24.8. The van der Waals surface area contributed by atoms with Gasteiger partial charge in [0.05, 0.1) is 0 Å². The largest absolute Gasteiger partial charge is 0.341 e. The second-order valence-corrected chi connectivity index (χ2v) is 36.0. The Morgan fingerprint density at radius 1 is 0.357 bits per heavy atom. The van der Waals surface area contributed by atoms with E-state index < -0.39 is 0 Å². The van der Waals surface area contributed by atoms with Gasteiger partial charge in [0.1, 0.15) is 0 Å². The molecule has 0 aromatic carbocycles. The van der Waals surface area contributed by atoms with Crippen LogP contribution in [0.5, 0.6) is 0 Å². The Balaban J connectivity index is 0.000000162. The molecule has 9 aliphatic rings. The zero-order valence-electron chi connectivity index (χ0n) is 59.5. The van der Waals surface area contributed by atoms with Crippen molar-refractivity contribution in [1.29, 1.82) is 0 Å². The molecular formula is C74H136N10. The van der Waals surface area contributed by atoms with Crippen molar-refractivity contribution < 1.29 is 0 Å². The van der Waals surface area contributed by atoms with E-state index in [4.69, 9.17) is 0 Å². The Bertz CT molecular complexity index is 2100. The lowest BCUT2D eigenvalue weighted by atomic mass is 9.73. The Morgan fingerprint density at radius 2 is 0.714 bits per heavy atom. The second-order valence-electron chi connectivity index (χ2n) is 36.0. The zero-order chi connectivity index (χ0) is 62.2. The van der Waals surface area contributed by atoms with Gasteiger partial charge in [-0.2, -0.15) is 0 Å². The second kappa shape index (κ2) is 29.5. The lowest BCUT2D eigenvalue weighted by molar-refractivity contribution is -0.0174. The molecule has 2 aliphatic carbocycles. The van der Waals surface area contributed by atoms with Crippen LogP contribution in [0.2, 0.25) is 0 Å². The number of likely N-dealkylation sites (tertiary alicyclic amines) is 3. The summed E-state index contributed by atoms with van der Waals surface area (Å²) in [5, 5.41) is 0. The van der Waals surface area contributed by atoms with Crippen LogP contribution in [0.4, 0.5) is 11.9 Å². The van der Waals surface area contributed by atoms with Crippen LogP contribution in [0.3, 0.4) is 0 Å². The molecule has 2 unspecified atom stereocenters. The molecule has 84 heavy (non-hydrogen) atoms. The molecule has 9 fully saturated rings. The van der Waals surface area contributed by atoms with E-state index in [0.717, 1.165) is 104 Å². The van der Waals surface area contributed by atoms with E-state index in [1.807, 2.05) is 24.5 Å². The number of aromatic nitrogens is 4. The first-order chi connectivity index (χ1) is 38.9. The van der Waals surface area contributed by atoms with Crippen LogP contribution in [-0.4, -0.2) is 141 Å². The number of rotatable bonds is 5. The predicted octanol–water partition coefficient (Wildman–Crippen LogP) is 17.3. The normalized spacial score (nSPS) is 25.5. The SMILES string of the molecule is CC(C)(C)C1CC2CCC(C1)N2C1CC1.CC(C)(C)C1CCN(C(C)(C)C)CC1.CC(C)(C)C1CCN(c2ncccn2)CC1.CC(C)(C)C1CN(C2CCCCC2)C1.CC(C)(C)C1CN(c2ncccn2)C1.CC(C)N1CC(C(C)(C)C)C1. The molecule has 482 valence electrons. The van der Waals surface area contributed by atoms with E-state index in [-0.39, 0.29) is 0 Å². The molecule has 7 saturated heterocycles. The van der Waals surface area contributed by atoms with Crippen LogP contribution in [0, 0.1) is 68.0 Å². The highest BCUT2D eigenvalue weighted by molar-refractivity contribution is 5.33. The summed E-state index contributed by atoms with van der Waals surface area (Å²) in [7, 11) is 0. The Morgan fingerprint density at radius 3 is 1.08 bits per heavy atom. The van der Waals surface area contributed by atoms with Crippen molar-refractivity contribution in [1.82, 2.24) is 39.5 Å². The Hall–Kier alpha value is -2.40. The highest BCUT2D eigenvalue weighted by Gasteiger charge is 2.49. The molecule has 2 bridgehead atoms. The van der Waals surface area contributed by atoms with Gasteiger partial charge in [-0.1, -0.05) is 144 Å². The number of fused-ring (bicyclic) bond motifs is 2. The number of anilines is 2. The standard InChI is InChI=1S/C14H25N.C13H21N3.C13H25N.C13H27N.C11H17N3.C10H21N/c1-14(2,3)10-8-12-6-7-13(9-10)15(12)11-4-5-11;1-13(2,3)11-5-9-16(10-6-11)12-14-7-4-8-15-12;1-13(2,3)11-9-14(10-11)12-7-5-4-6-8-12;1-12(2,3)11-7-9-14(10-8-11)13(4,5)6;1-11(2,3)9-7-14(8-9)10-12-5-4-6-13-10;1-8(2)11-6-9(7-11)10(3,4)5/h10-13H,4-9H2,1-3H3;4,7-8,11H,5-6,9-10H2,1-3H3;11-12H,4-10H2,1-3H3;11H,7-10H2,1-6H3;4-6,9H,7-8H2,1-3H3;8-9H,6-7H2,1-5H3. The molecule has 2 saturated carbocycles. The van der Waals surface area contributed by atoms with Gasteiger partial charge in [-0.25, -0.2) is 19.9 Å². The Labute approximate surface area is 520 Å². The number of nitrogens with zero attached hydrogens (tertiary/aromatic N) is 10. The van der Waals surface area contributed by atoms with E-state index in [0.29, 0.717) is 38.0 Å².